The Hall–Kier alpha value is -1.71. The highest BCUT2D eigenvalue weighted by Gasteiger charge is 2.10. The molecule has 0 N–H and O–H groups in total. The first-order chi connectivity index (χ1) is 7.25. The van der Waals surface area contributed by atoms with Crippen LogP contribution in [-0.4, -0.2) is 38.5 Å². The number of hydrogen-bond acceptors (Lipinski definition) is 3. The van der Waals surface area contributed by atoms with Gasteiger partial charge in [-0.1, -0.05) is 0 Å². The maximum absolute atomic E-state index is 5.46. The van der Waals surface area contributed by atoms with Gasteiger partial charge in [0, 0.05) is 20.2 Å². The SMILES string of the molecule is CN(C)C=Nc1ccc2c(c1)OCCO2. The lowest BCUT2D eigenvalue weighted by atomic mass is 10.2. The topological polar surface area (TPSA) is 34.1 Å². The van der Waals surface area contributed by atoms with Crippen LogP contribution < -0.4 is 9.47 Å². The lowest BCUT2D eigenvalue weighted by Gasteiger charge is -2.18. The van der Waals surface area contributed by atoms with E-state index in [0.717, 1.165) is 17.2 Å². The van der Waals surface area contributed by atoms with E-state index in [1.54, 1.807) is 6.34 Å². The van der Waals surface area contributed by atoms with E-state index >= 15 is 0 Å². The largest absolute Gasteiger partial charge is 0.486 e. The second-order valence-corrected chi connectivity index (χ2v) is 3.54. The summed E-state index contributed by atoms with van der Waals surface area (Å²) in [7, 11) is 3.86. The molecule has 0 fully saturated rings. The Morgan fingerprint density at radius 2 is 1.93 bits per heavy atom. The molecule has 0 unspecified atom stereocenters. The molecule has 4 nitrogen and oxygen atoms in total. The van der Waals surface area contributed by atoms with E-state index in [1.807, 2.05) is 37.2 Å². The Bertz CT molecular complexity index is 375. The van der Waals surface area contributed by atoms with Crippen molar-refractivity contribution in [3.8, 4) is 11.5 Å². The zero-order valence-electron chi connectivity index (χ0n) is 8.93. The van der Waals surface area contributed by atoms with Crippen LogP contribution in [0.15, 0.2) is 23.2 Å². The van der Waals surface area contributed by atoms with Crippen LogP contribution in [0.4, 0.5) is 5.69 Å². The second-order valence-electron chi connectivity index (χ2n) is 3.54. The molecule has 1 aliphatic heterocycles. The average molecular weight is 206 g/mol. The summed E-state index contributed by atoms with van der Waals surface area (Å²) in [5.41, 5.74) is 0.868. The summed E-state index contributed by atoms with van der Waals surface area (Å²) in [6.45, 7) is 1.22. The maximum Gasteiger partial charge on any atom is 0.163 e. The Balaban J connectivity index is 2.20. The zero-order valence-corrected chi connectivity index (χ0v) is 8.93. The Morgan fingerprint density at radius 3 is 2.67 bits per heavy atom. The second kappa shape index (κ2) is 4.21. The summed E-state index contributed by atoms with van der Waals surface area (Å²) >= 11 is 0. The smallest absolute Gasteiger partial charge is 0.163 e. The third-order valence-electron chi connectivity index (χ3n) is 1.96. The molecule has 0 amide bonds. The van der Waals surface area contributed by atoms with Gasteiger partial charge in [-0.2, -0.15) is 0 Å². The van der Waals surface area contributed by atoms with Gasteiger partial charge in [0.15, 0.2) is 11.5 Å². The Labute approximate surface area is 89.1 Å². The van der Waals surface area contributed by atoms with Gasteiger partial charge < -0.3 is 14.4 Å². The van der Waals surface area contributed by atoms with Crippen LogP contribution in [0.3, 0.4) is 0 Å². The maximum atomic E-state index is 5.46. The van der Waals surface area contributed by atoms with Crippen molar-refractivity contribution >= 4 is 12.0 Å². The van der Waals surface area contributed by atoms with E-state index in [-0.39, 0.29) is 0 Å². The van der Waals surface area contributed by atoms with Gasteiger partial charge in [-0.15, -0.1) is 0 Å². The van der Waals surface area contributed by atoms with Gasteiger partial charge in [-0.3, -0.25) is 0 Å². The fourth-order valence-electron chi connectivity index (χ4n) is 1.29. The highest BCUT2D eigenvalue weighted by molar-refractivity contribution is 5.63. The minimum absolute atomic E-state index is 0.605. The molecule has 80 valence electrons. The van der Waals surface area contributed by atoms with Crippen LogP contribution in [-0.2, 0) is 0 Å². The van der Waals surface area contributed by atoms with Crippen LogP contribution in [0, 0.1) is 0 Å². The molecule has 1 aliphatic rings. The van der Waals surface area contributed by atoms with Crippen LogP contribution >= 0.6 is 0 Å². The monoisotopic (exact) mass is 206 g/mol. The predicted octanol–water partition coefficient (Wildman–Crippen LogP) is 1.68. The molecule has 15 heavy (non-hydrogen) atoms. The fourth-order valence-corrected chi connectivity index (χ4v) is 1.29. The molecule has 0 saturated heterocycles. The third-order valence-corrected chi connectivity index (χ3v) is 1.96. The van der Waals surface area contributed by atoms with Crippen molar-refractivity contribution in [1.29, 1.82) is 0 Å². The minimum atomic E-state index is 0.605. The number of ether oxygens (including phenoxy) is 2. The molecule has 1 aromatic carbocycles. The van der Waals surface area contributed by atoms with Gasteiger partial charge >= 0.3 is 0 Å². The Morgan fingerprint density at radius 1 is 1.20 bits per heavy atom. The van der Waals surface area contributed by atoms with Crippen LogP contribution in [0.1, 0.15) is 0 Å². The van der Waals surface area contributed by atoms with Crippen molar-refractivity contribution in [1.82, 2.24) is 4.90 Å². The molecule has 0 bridgehead atoms. The lowest BCUT2D eigenvalue weighted by Crippen LogP contribution is -2.15. The lowest BCUT2D eigenvalue weighted by molar-refractivity contribution is 0.171. The van der Waals surface area contributed by atoms with E-state index in [1.165, 1.54) is 0 Å². The number of rotatable bonds is 2. The quantitative estimate of drug-likeness (QED) is 0.545. The number of benzene rings is 1. The summed E-state index contributed by atoms with van der Waals surface area (Å²) in [6, 6.07) is 5.68. The van der Waals surface area contributed by atoms with Gasteiger partial charge in [0.1, 0.15) is 13.2 Å². The highest BCUT2D eigenvalue weighted by Crippen LogP contribution is 2.33. The number of aliphatic imine (C=N–C) groups is 1. The number of nitrogens with zero attached hydrogens (tertiary/aromatic N) is 2. The molecule has 0 aromatic heterocycles. The molecule has 0 aliphatic carbocycles. The zero-order chi connectivity index (χ0) is 10.7. The van der Waals surface area contributed by atoms with Gasteiger partial charge in [-0.25, -0.2) is 4.99 Å². The molecule has 4 heteroatoms. The first kappa shape index (κ1) is 9.83. The summed E-state index contributed by atoms with van der Waals surface area (Å²) in [5.74, 6) is 1.57. The molecule has 1 aromatic rings. The van der Waals surface area contributed by atoms with Gasteiger partial charge in [0.05, 0.1) is 12.0 Å². The van der Waals surface area contributed by atoms with Crippen LogP contribution in [0.25, 0.3) is 0 Å². The number of hydrogen-bond donors (Lipinski definition) is 0. The third kappa shape index (κ3) is 2.40. The molecule has 0 spiro atoms. The summed E-state index contributed by atoms with van der Waals surface area (Å²) in [4.78, 5) is 6.16. The van der Waals surface area contributed by atoms with E-state index in [9.17, 15) is 0 Å². The first-order valence-corrected chi connectivity index (χ1v) is 4.86. The molecule has 0 saturated carbocycles. The predicted molar refractivity (Wildman–Crippen MR) is 59.3 cm³/mol. The van der Waals surface area contributed by atoms with Crippen molar-refractivity contribution in [2.45, 2.75) is 0 Å². The van der Waals surface area contributed by atoms with Crippen molar-refractivity contribution in [3.63, 3.8) is 0 Å². The summed E-state index contributed by atoms with van der Waals surface area (Å²) in [5, 5.41) is 0. The molecule has 2 rings (SSSR count). The van der Waals surface area contributed by atoms with Gasteiger partial charge in [-0.05, 0) is 12.1 Å². The van der Waals surface area contributed by atoms with Crippen molar-refractivity contribution < 1.29 is 9.47 Å². The van der Waals surface area contributed by atoms with E-state index in [2.05, 4.69) is 4.99 Å². The molecular weight excluding hydrogens is 192 g/mol. The van der Waals surface area contributed by atoms with Crippen molar-refractivity contribution in [3.05, 3.63) is 18.2 Å². The van der Waals surface area contributed by atoms with E-state index in [0.29, 0.717) is 13.2 Å². The minimum Gasteiger partial charge on any atom is -0.486 e. The van der Waals surface area contributed by atoms with Crippen LogP contribution in [0.2, 0.25) is 0 Å². The molecule has 0 atom stereocenters. The standard InChI is InChI=1S/C11H14N2O2/c1-13(2)8-12-9-3-4-10-11(7-9)15-6-5-14-10/h3-4,7-8H,5-6H2,1-2H3. The molecule has 1 heterocycles. The first-order valence-electron chi connectivity index (χ1n) is 4.86. The van der Waals surface area contributed by atoms with E-state index in [4.69, 9.17) is 9.47 Å². The number of fused-ring (bicyclic) bond motifs is 1. The molecular formula is C11H14N2O2. The van der Waals surface area contributed by atoms with E-state index < -0.39 is 0 Å². The van der Waals surface area contributed by atoms with Gasteiger partial charge in [0.2, 0.25) is 0 Å². The molecule has 0 radical (unpaired) electrons. The Kier molecular flexibility index (Phi) is 2.76. The fraction of sp³-hybridized carbons (Fsp3) is 0.364. The van der Waals surface area contributed by atoms with Gasteiger partial charge in [0.25, 0.3) is 0 Å². The van der Waals surface area contributed by atoms with Crippen molar-refractivity contribution in [2.24, 2.45) is 4.99 Å². The average Bonchev–Trinajstić information content (AvgIpc) is 2.26. The summed E-state index contributed by atoms with van der Waals surface area (Å²) in [6.07, 6.45) is 1.76. The normalized spacial score (nSPS) is 14.3. The summed E-state index contributed by atoms with van der Waals surface area (Å²) < 4.78 is 10.9. The highest BCUT2D eigenvalue weighted by atomic mass is 16.6. The van der Waals surface area contributed by atoms with Crippen molar-refractivity contribution in [2.75, 3.05) is 27.3 Å². The van der Waals surface area contributed by atoms with Crippen LogP contribution in [0.5, 0.6) is 11.5 Å².